The zero-order valence-electron chi connectivity index (χ0n) is 43.4. The molecule has 14 rings (SSSR count). The molecular formula is C69H53N5OPt-2. The van der Waals surface area contributed by atoms with Crippen molar-refractivity contribution in [3.05, 3.63) is 227 Å². The molecule has 0 amide bonds. The van der Waals surface area contributed by atoms with Crippen LogP contribution in [0, 0.1) is 22.9 Å². The number of fused-ring (bicyclic) bond motifs is 10. The molecule has 0 atom stereocenters. The fourth-order valence-corrected chi connectivity index (χ4v) is 12.7. The molecule has 0 N–H and O–H groups in total. The molecule has 0 saturated carbocycles. The molecule has 0 aliphatic heterocycles. The summed E-state index contributed by atoms with van der Waals surface area (Å²) in [5.74, 6) is 2.03. The SMILES string of the molecule is Cc1ccnc(-n2c3[c-]c(Oc4[c-]c(-n5[c](=[Pt])n(-c6c(-c7ccccc7)cc(C(C)(C)C)cc6-c6ccccc6)c6ccccc65)cc(C(C)(C)C)c4)ccc3c3cc4c5cccc6c7ccccc7n(c4cc32)c65)c1. The Morgan fingerprint density at radius 3 is 1.72 bits per heavy atom. The van der Waals surface area contributed by atoms with Crippen LogP contribution in [0.5, 0.6) is 11.5 Å². The second kappa shape index (κ2) is 17.1. The van der Waals surface area contributed by atoms with Crippen LogP contribution < -0.4 is 4.74 Å². The second-order valence-corrected chi connectivity index (χ2v) is 23.3. The first-order chi connectivity index (χ1) is 36.8. The summed E-state index contributed by atoms with van der Waals surface area (Å²) in [6.07, 6.45) is 1.89. The van der Waals surface area contributed by atoms with Crippen LogP contribution in [0.15, 0.2) is 194 Å². The van der Waals surface area contributed by atoms with E-state index in [-0.39, 0.29) is 10.8 Å². The number of aryl methyl sites for hydroxylation is 1. The molecule has 0 saturated heterocycles. The Morgan fingerprint density at radius 1 is 0.461 bits per heavy atom. The van der Waals surface area contributed by atoms with Crippen LogP contribution in [-0.2, 0) is 30.2 Å². The van der Waals surface area contributed by atoms with Crippen molar-refractivity contribution in [2.45, 2.75) is 59.3 Å². The van der Waals surface area contributed by atoms with Gasteiger partial charge in [-0.2, -0.15) is 0 Å². The van der Waals surface area contributed by atoms with Crippen molar-refractivity contribution in [2.24, 2.45) is 0 Å². The summed E-state index contributed by atoms with van der Waals surface area (Å²) < 4.78 is 17.6. The summed E-state index contributed by atoms with van der Waals surface area (Å²) in [7, 11) is 0. The zero-order valence-corrected chi connectivity index (χ0v) is 45.7. The average Bonchev–Trinajstić information content (AvgIpc) is 4.34. The van der Waals surface area contributed by atoms with Crippen LogP contribution in [0.2, 0.25) is 0 Å². The Balaban J connectivity index is 0.969. The molecule has 372 valence electrons. The Labute approximate surface area is 452 Å². The van der Waals surface area contributed by atoms with Crippen LogP contribution in [0.25, 0.3) is 110 Å². The molecule has 5 aromatic heterocycles. The van der Waals surface area contributed by atoms with E-state index in [9.17, 15) is 0 Å². The van der Waals surface area contributed by atoms with Gasteiger partial charge in [0, 0.05) is 27.7 Å². The van der Waals surface area contributed by atoms with E-state index in [0.717, 1.165) is 81.6 Å². The van der Waals surface area contributed by atoms with Crippen LogP contribution in [-0.4, -0.2) is 23.1 Å². The Hall–Kier alpha value is -8.31. The fourth-order valence-electron chi connectivity index (χ4n) is 11.6. The van der Waals surface area contributed by atoms with Crippen molar-refractivity contribution in [2.75, 3.05) is 0 Å². The van der Waals surface area contributed by atoms with Crippen LogP contribution in [0.3, 0.4) is 0 Å². The molecule has 9 aromatic carbocycles. The smallest absolute Gasteiger partial charge is 0.0620 e. The number of rotatable bonds is 7. The molecule has 76 heavy (non-hydrogen) atoms. The normalized spacial score (nSPS) is 12.5. The van der Waals surface area contributed by atoms with E-state index >= 15 is 0 Å². The number of nitrogens with zero attached hydrogens (tertiary/aromatic N) is 5. The molecule has 0 spiro atoms. The van der Waals surface area contributed by atoms with Crippen molar-refractivity contribution in [1.82, 2.24) is 23.1 Å². The van der Waals surface area contributed by atoms with Crippen LogP contribution in [0.4, 0.5) is 0 Å². The Kier molecular flexibility index (Phi) is 10.4. The van der Waals surface area contributed by atoms with Gasteiger partial charge in [0.25, 0.3) is 0 Å². The van der Waals surface area contributed by atoms with Gasteiger partial charge in [0.1, 0.15) is 0 Å². The molecule has 0 unspecified atom stereocenters. The van der Waals surface area contributed by atoms with Gasteiger partial charge in [-0.25, -0.2) is 0 Å². The van der Waals surface area contributed by atoms with E-state index < -0.39 is 0 Å². The predicted molar refractivity (Wildman–Crippen MR) is 310 cm³/mol. The molecule has 7 heteroatoms. The van der Waals surface area contributed by atoms with Gasteiger partial charge in [-0.15, -0.1) is 0 Å². The first-order valence-corrected chi connectivity index (χ1v) is 27.2. The van der Waals surface area contributed by atoms with Gasteiger partial charge < -0.3 is 4.40 Å². The third kappa shape index (κ3) is 7.25. The minimum Gasteiger partial charge on any atom is 0.0620 e. The maximum absolute atomic E-state index is 7.07. The predicted octanol–water partition coefficient (Wildman–Crippen LogP) is 17.8. The van der Waals surface area contributed by atoms with Gasteiger partial charge in [0.2, 0.25) is 0 Å². The summed E-state index contributed by atoms with van der Waals surface area (Å²) in [5.41, 5.74) is 17.6. The van der Waals surface area contributed by atoms with Crippen molar-refractivity contribution < 1.29 is 24.1 Å². The summed E-state index contributed by atoms with van der Waals surface area (Å²) >= 11 is 2.53. The second-order valence-electron chi connectivity index (χ2n) is 22.3. The number of hydrogen-bond donors (Lipinski definition) is 0. The van der Waals surface area contributed by atoms with Crippen LogP contribution in [0.1, 0.15) is 58.2 Å². The molecular weight excluding hydrogens is 1110 g/mol. The molecule has 0 aliphatic rings. The summed E-state index contributed by atoms with van der Waals surface area (Å²) in [4.78, 5) is 4.99. The summed E-state index contributed by atoms with van der Waals surface area (Å²) in [6.45, 7) is 15.8. The number of para-hydroxylation sites is 4. The summed E-state index contributed by atoms with van der Waals surface area (Å²) in [5, 5.41) is 7.21. The van der Waals surface area contributed by atoms with E-state index in [1.54, 1.807) is 0 Å². The molecule has 14 aromatic rings. The molecule has 5 heterocycles. The number of pyridine rings is 1. The summed E-state index contributed by atoms with van der Waals surface area (Å²) in [6, 6.07) is 75.8. The van der Waals surface area contributed by atoms with Crippen LogP contribution >= 0.6 is 0 Å². The number of benzene rings is 9. The topological polar surface area (TPSA) is 41.3 Å². The van der Waals surface area contributed by atoms with E-state index in [1.165, 1.54) is 49.3 Å². The van der Waals surface area contributed by atoms with Gasteiger partial charge in [0.05, 0.1) is 16.6 Å². The van der Waals surface area contributed by atoms with Crippen molar-refractivity contribution in [3.8, 4) is 50.9 Å². The first kappa shape index (κ1) is 46.2. The number of aromatic nitrogens is 5. The van der Waals surface area contributed by atoms with Crippen molar-refractivity contribution >= 4 is 70.9 Å². The van der Waals surface area contributed by atoms with E-state index in [2.05, 4.69) is 280 Å². The third-order valence-corrected chi connectivity index (χ3v) is 16.4. The van der Waals surface area contributed by atoms with Gasteiger partial charge in [0.15, 0.2) is 0 Å². The third-order valence-electron chi connectivity index (χ3n) is 15.4. The van der Waals surface area contributed by atoms with E-state index in [4.69, 9.17) is 9.72 Å². The zero-order chi connectivity index (χ0) is 51.8. The molecule has 6 nitrogen and oxygen atoms in total. The minimum absolute atomic E-state index is 0.0921. The molecule has 0 bridgehead atoms. The minimum atomic E-state index is -0.219. The number of imidazole rings is 1. The van der Waals surface area contributed by atoms with E-state index in [1.807, 2.05) is 12.3 Å². The Morgan fingerprint density at radius 2 is 1.05 bits per heavy atom. The number of ether oxygens (including phenoxy) is 1. The number of hydrogen-bond acceptors (Lipinski definition) is 2. The van der Waals surface area contributed by atoms with Gasteiger partial charge >= 0.3 is 346 Å². The first-order valence-electron chi connectivity index (χ1n) is 26.0. The van der Waals surface area contributed by atoms with Gasteiger partial charge in [-0.3, -0.25) is 0 Å². The van der Waals surface area contributed by atoms with Gasteiger partial charge in [-0.05, 0) is 24.6 Å². The quantitative estimate of drug-likeness (QED) is 0.149. The average molecular weight is 1160 g/mol. The molecule has 0 fully saturated rings. The fraction of sp³-hybridized carbons (Fsp3) is 0.130. The Bertz CT molecular complexity index is 4650. The molecule has 0 radical (unpaired) electrons. The van der Waals surface area contributed by atoms with Crippen molar-refractivity contribution in [1.29, 1.82) is 0 Å². The van der Waals surface area contributed by atoms with E-state index in [0.29, 0.717) is 11.5 Å². The van der Waals surface area contributed by atoms with Crippen molar-refractivity contribution in [3.63, 3.8) is 0 Å². The maximum atomic E-state index is 7.07. The van der Waals surface area contributed by atoms with Gasteiger partial charge in [-0.1, -0.05) is 36.4 Å². The monoisotopic (exact) mass is 1160 g/mol. The standard InChI is InChI=1S/C69H53N5O.Pt/c1-43-31-32-70-65(33-43)73-62-39-49(29-30-52(62)57-40-58-54-25-18-24-53-51-23-14-15-26-59(51)74(67(53)54)64(58)41-63(57)73)75-50-35-46(68(2,3)4)34-48(38-50)71-42-72(61-28-17-16-27-60(61)71)66-55(44-19-10-8-11-20-44)36-47(69(5,6)7)37-56(66)45-21-12-9-13-22-45;/h8-37,40-41H,1-7H3;/q-2;. The molecule has 0 aliphatic carbocycles.